The average Bonchev–Trinajstić information content (AvgIpc) is 2.87. The number of esters is 1. The van der Waals surface area contributed by atoms with Gasteiger partial charge >= 0.3 is 5.97 Å². The van der Waals surface area contributed by atoms with Gasteiger partial charge in [0.25, 0.3) is 0 Å². The Balaban J connectivity index is 2.28. The predicted octanol–water partition coefficient (Wildman–Crippen LogP) is 3.11. The lowest BCUT2D eigenvalue weighted by Crippen LogP contribution is -2.28. The topological polar surface area (TPSA) is 93.1 Å². The van der Waals surface area contributed by atoms with Gasteiger partial charge in [-0.3, -0.25) is 4.79 Å². The summed E-state index contributed by atoms with van der Waals surface area (Å²) in [5.74, 6) is -0.383. The maximum atomic E-state index is 12.8. The fraction of sp³-hybridized carbons (Fsp3) is 0.545. The Morgan fingerprint density at radius 2 is 1.96 bits per heavy atom. The van der Waals surface area contributed by atoms with Crippen LogP contribution in [0.15, 0.2) is 46.5 Å². The Labute approximate surface area is 166 Å². The van der Waals surface area contributed by atoms with E-state index in [-0.39, 0.29) is 29.5 Å². The van der Waals surface area contributed by atoms with Crippen LogP contribution in [0.1, 0.15) is 52.9 Å². The van der Waals surface area contributed by atoms with Crippen LogP contribution in [0.4, 0.5) is 0 Å². The number of fused-ring (bicyclic) bond motifs is 1. The zero-order valence-electron chi connectivity index (χ0n) is 17.1. The normalized spacial score (nSPS) is 23.7. The summed E-state index contributed by atoms with van der Waals surface area (Å²) < 4.78 is 10.3. The van der Waals surface area contributed by atoms with Crippen molar-refractivity contribution >= 4 is 11.8 Å². The number of ether oxygens (including phenoxy) is 2. The molecule has 28 heavy (non-hydrogen) atoms. The molecule has 0 saturated carbocycles. The highest BCUT2D eigenvalue weighted by molar-refractivity contribution is 6.03. The van der Waals surface area contributed by atoms with E-state index in [9.17, 15) is 14.7 Å². The average molecular weight is 390 g/mol. The summed E-state index contributed by atoms with van der Waals surface area (Å²) >= 11 is 0. The second-order valence-corrected chi connectivity index (χ2v) is 7.54. The van der Waals surface area contributed by atoms with Gasteiger partial charge in [0, 0.05) is 29.2 Å². The molecule has 0 aromatic rings. The number of carbonyl (C=O) groups excluding carboxylic acids is 2. The molecule has 0 saturated heterocycles. The number of aliphatic hydroxyl groups is 2. The quantitative estimate of drug-likeness (QED) is 0.357. The number of aliphatic hydroxyl groups excluding tert-OH is 1. The van der Waals surface area contributed by atoms with Gasteiger partial charge in [-0.15, -0.1) is 0 Å². The molecule has 0 aromatic carbocycles. The standard InChI is InChI=1S/C22H30O6/c1-14(9-7-5-6-8-10-23)19(24)12-17-20(21(25)27-4)16-11-15(2)28-13-18(16)22(17,3)26/h11-14,23,26H,5-10H2,1-4H3/b17-12+/t14-,22+/m0/s1. The molecule has 6 nitrogen and oxygen atoms in total. The maximum absolute atomic E-state index is 12.8. The number of methoxy groups -OCH3 is 1. The summed E-state index contributed by atoms with van der Waals surface area (Å²) in [4.78, 5) is 25.2. The highest BCUT2D eigenvalue weighted by Gasteiger charge is 2.46. The van der Waals surface area contributed by atoms with Gasteiger partial charge in [-0.05, 0) is 38.8 Å². The van der Waals surface area contributed by atoms with Crippen molar-refractivity contribution in [3.05, 3.63) is 46.5 Å². The van der Waals surface area contributed by atoms with E-state index in [0.29, 0.717) is 23.3 Å². The molecule has 0 radical (unpaired) electrons. The van der Waals surface area contributed by atoms with Crippen molar-refractivity contribution < 1.29 is 29.3 Å². The molecular weight excluding hydrogens is 360 g/mol. The van der Waals surface area contributed by atoms with Gasteiger partial charge in [0.1, 0.15) is 11.4 Å². The van der Waals surface area contributed by atoms with Crippen molar-refractivity contribution in [3.8, 4) is 0 Å². The van der Waals surface area contributed by atoms with Gasteiger partial charge in [-0.2, -0.15) is 0 Å². The van der Waals surface area contributed by atoms with E-state index >= 15 is 0 Å². The number of rotatable bonds is 9. The van der Waals surface area contributed by atoms with Crippen LogP contribution in [0.5, 0.6) is 0 Å². The zero-order valence-corrected chi connectivity index (χ0v) is 17.1. The van der Waals surface area contributed by atoms with Crippen LogP contribution >= 0.6 is 0 Å². The van der Waals surface area contributed by atoms with Gasteiger partial charge in [0.15, 0.2) is 5.78 Å². The molecule has 1 aliphatic heterocycles. The molecule has 2 aliphatic rings. The zero-order chi connectivity index (χ0) is 20.9. The second-order valence-electron chi connectivity index (χ2n) is 7.54. The smallest absolute Gasteiger partial charge is 0.338 e. The lowest BCUT2D eigenvalue weighted by molar-refractivity contribution is -0.135. The molecule has 0 fully saturated rings. The van der Waals surface area contributed by atoms with Crippen LogP contribution in [-0.2, 0) is 19.1 Å². The van der Waals surface area contributed by atoms with E-state index in [4.69, 9.17) is 14.6 Å². The Bertz CT molecular complexity index is 751. The van der Waals surface area contributed by atoms with Gasteiger partial charge in [-0.25, -0.2) is 4.79 Å². The largest absolute Gasteiger partial charge is 0.469 e. The SMILES string of the molecule is COC(=O)C1=C2C=C(C)OC=C2[C@](C)(O)/C1=C/C(=O)[C@@H](C)CCCCCCO. The van der Waals surface area contributed by atoms with Crippen LogP contribution in [0.25, 0.3) is 0 Å². The fourth-order valence-corrected chi connectivity index (χ4v) is 3.53. The summed E-state index contributed by atoms with van der Waals surface area (Å²) in [6.45, 7) is 5.33. The number of hydrogen-bond acceptors (Lipinski definition) is 6. The first-order chi connectivity index (χ1) is 13.2. The van der Waals surface area contributed by atoms with E-state index in [1.165, 1.54) is 19.4 Å². The lowest BCUT2D eigenvalue weighted by atomic mass is 9.88. The third-order valence-corrected chi connectivity index (χ3v) is 5.30. The van der Waals surface area contributed by atoms with Crippen molar-refractivity contribution in [1.82, 2.24) is 0 Å². The molecule has 1 heterocycles. The fourth-order valence-electron chi connectivity index (χ4n) is 3.53. The molecule has 0 aromatic heterocycles. The predicted molar refractivity (Wildman–Crippen MR) is 105 cm³/mol. The molecule has 0 spiro atoms. The highest BCUT2D eigenvalue weighted by atomic mass is 16.5. The monoisotopic (exact) mass is 390 g/mol. The van der Waals surface area contributed by atoms with E-state index in [1.807, 2.05) is 6.92 Å². The number of hydrogen-bond donors (Lipinski definition) is 2. The number of unbranched alkanes of at least 4 members (excludes halogenated alkanes) is 3. The minimum Gasteiger partial charge on any atom is -0.469 e. The van der Waals surface area contributed by atoms with Crippen molar-refractivity contribution in [3.63, 3.8) is 0 Å². The van der Waals surface area contributed by atoms with Crippen LogP contribution < -0.4 is 0 Å². The van der Waals surface area contributed by atoms with Gasteiger partial charge < -0.3 is 19.7 Å². The van der Waals surface area contributed by atoms with Crippen LogP contribution in [0.3, 0.4) is 0 Å². The first-order valence-electron chi connectivity index (χ1n) is 9.72. The van der Waals surface area contributed by atoms with Crippen LogP contribution in [0.2, 0.25) is 0 Å². The third-order valence-electron chi connectivity index (χ3n) is 5.30. The summed E-state index contributed by atoms with van der Waals surface area (Å²) in [5, 5.41) is 19.9. The molecule has 2 rings (SSSR count). The van der Waals surface area contributed by atoms with E-state index in [2.05, 4.69) is 0 Å². The first-order valence-corrected chi connectivity index (χ1v) is 9.72. The third kappa shape index (κ3) is 4.62. The van der Waals surface area contributed by atoms with E-state index < -0.39 is 11.6 Å². The molecule has 154 valence electrons. The summed E-state index contributed by atoms with van der Waals surface area (Å²) in [7, 11) is 1.27. The summed E-state index contributed by atoms with van der Waals surface area (Å²) in [6.07, 6.45) is 8.73. The maximum Gasteiger partial charge on any atom is 0.338 e. The van der Waals surface area contributed by atoms with Crippen molar-refractivity contribution in [1.29, 1.82) is 0 Å². The molecule has 0 amide bonds. The Kier molecular flexibility index (Phi) is 7.38. The molecular formula is C22H30O6. The first kappa shape index (κ1) is 22.1. The number of ketones is 1. The molecule has 1 aliphatic carbocycles. The highest BCUT2D eigenvalue weighted by Crippen LogP contribution is 2.47. The molecule has 2 atom stereocenters. The molecule has 0 bridgehead atoms. The van der Waals surface area contributed by atoms with Crippen LogP contribution in [-0.4, -0.2) is 41.3 Å². The number of allylic oxidation sites excluding steroid dienone is 3. The van der Waals surface area contributed by atoms with Gasteiger partial charge in [0.05, 0.1) is 18.9 Å². The van der Waals surface area contributed by atoms with Crippen molar-refractivity contribution in [2.45, 2.75) is 58.5 Å². The number of carbonyl (C=O) groups is 2. The minimum absolute atomic E-state index is 0.139. The van der Waals surface area contributed by atoms with E-state index in [0.717, 1.165) is 25.7 Å². The lowest BCUT2D eigenvalue weighted by Gasteiger charge is -2.24. The Morgan fingerprint density at radius 3 is 2.61 bits per heavy atom. The Morgan fingerprint density at radius 1 is 1.29 bits per heavy atom. The molecule has 0 unspecified atom stereocenters. The van der Waals surface area contributed by atoms with Crippen LogP contribution in [0, 0.1) is 5.92 Å². The second kappa shape index (κ2) is 9.34. The van der Waals surface area contributed by atoms with Gasteiger partial charge in [0.2, 0.25) is 0 Å². The molecule has 2 N–H and O–H groups in total. The summed E-state index contributed by atoms with van der Waals surface area (Å²) in [5.41, 5.74) is -0.116. The Hall–Kier alpha value is -2.18. The minimum atomic E-state index is -1.52. The van der Waals surface area contributed by atoms with Gasteiger partial charge in [-0.1, -0.05) is 26.2 Å². The van der Waals surface area contributed by atoms with Crippen molar-refractivity contribution in [2.75, 3.05) is 13.7 Å². The molecule has 6 heteroatoms. The van der Waals surface area contributed by atoms with Crippen molar-refractivity contribution in [2.24, 2.45) is 5.92 Å². The van der Waals surface area contributed by atoms with E-state index in [1.54, 1.807) is 19.9 Å². The summed E-state index contributed by atoms with van der Waals surface area (Å²) in [6, 6.07) is 0.